The van der Waals surface area contributed by atoms with Crippen molar-refractivity contribution in [1.82, 2.24) is 0 Å². The highest BCUT2D eigenvalue weighted by Crippen LogP contribution is 2.29. The van der Waals surface area contributed by atoms with Crippen LogP contribution in [0.4, 0.5) is 28.9 Å². The van der Waals surface area contributed by atoms with Crippen LogP contribution in [0, 0.1) is 30.2 Å². The Hall–Kier alpha value is -2.57. The zero-order chi connectivity index (χ0) is 15.7. The lowest BCUT2D eigenvalue weighted by Gasteiger charge is -2.12. The number of benzene rings is 2. The van der Waals surface area contributed by atoms with Gasteiger partial charge in [-0.25, -0.2) is 22.4 Å². The molecule has 21 heavy (non-hydrogen) atoms. The third-order valence-corrected chi connectivity index (χ3v) is 2.84. The van der Waals surface area contributed by atoms with E-state index in [1.54, 1.807) is 0 Å². The maximum absolute atomic E-state index is 13.5. The van der Waals surface area contributed by atoms with Crippen LogP contribution in [0.2, 0.25) is 0 Å². The van der Waals surface area contributed by atoms with Gasteiger partial charge in [-0.3, -0.25) is 0 Å². The number of anilines is 2. The normalized spacial score (nSPS) is 10.5. The van der Waals surface area contributed by atoms with Crippen molar-refractivity contribution < 1.29 is 27.5 Å². The molecule has 0 aliphatic carbocycles. The fourth-order valence-corrected chi connectivity index (χ4v) is 1.75. The molecule has 0 atom stereocenters. The molecule has 0 bridgehead atoms. The molecule has 7 heteroatoms. The lowest BCUT2D eigenvalue weighted by molar-refractivity contribution is 0.0697. The van der Waals surface area contributed by atoms with Crippen molar-refractivity contribution in [2.24, 2.45) is 0 Å². The Bertz CT molecular complexity index is 705. The van der Waals surface area contributed by atoms with Crippen molar-refractivity contribution in [2.45, 2.75) is 6.92 Å². The van der Waals surface area contributed by atoms with Crippen LogP contribution < -0.4 is 5.32 Å². The Labute approximate surface area is 116 Å². The first kappa shape index (κ1) is 14.8. The van der Waals surface area contributed by atoms with Gasteiger partial charge in [-0.15, -0.1) is 0 Å². The molecule has 3 nitrogen and oxygen atoms in total. The van der Waals surface area contributed by atoms with Crippen LogP contribution in [0.15, 0.2) is 24.3 Å². The molecular weight excluding hydrogens is 290 g/mol. The SMILES string of the molecule is Cc1cc(C(=O)O)ccc1Nc1c(F)c(F)cc(F)c1F. The average Bonchev–Trinajstić information content (AvgIpc) is 2.42. The molecule has 0 aromatic heterocycles. The summed E-state index contributed by atoms with van der Waals surface area (Å²) >= 11 is 0. The van der Waals surface area contributed by atoms with Gasteiger partial charge in [0, 0.05) is 11.8 Å². The van der Waals surface area contributed by atoms with Gasteiger partial charge in [0.15, 0.2) is 23.3 Å². The summed E-state index contributed by atoms with van der Waals surface area (Å²) in [5.74, 6) is -7.35. The molecule has 2 N–H and O–H groups in total. The lowest BCUT2D eigenvalue weighted by Crippen LogP contribution is -2.05. The number of aryl methyl sites for hydroxylation is 1. The second-order valence-electron chi connectivity index (χ2n) is 4.30. The monoisotopic (exact) mass is 299 g/mol. The number of hydrogen-bond donors (Lipinski definition) is 2. The molecule has 0 amide bonds. The number of rotatable bonds is 3. The largest absolute Gasteiger partial charge is 0.478 e. The van der Waals surface area contributed by atoms with E-state index >= 15 is 0 Å². The van der Waals surface area contributed by atoms with Crippen molar-refractivity contribution in [3.05, 3.63) is 58.7 Å². The van der Waals surface area contributed by atoms with Crippen LogP contribution in [0.1, 0.15) is 15.9 Å². The van der Waals surface area contributed by atoms with Crippen LogP contribution in [0.3, 0.4) is 0 Å². The Kier molecular flexibility index (Phi) is 3.84. The highest BCUT2D eigenvalue weighted by Gasteiger charge is 2.19. The standard InChI is InChI=1S/C14H9F4NO2/c1-6-4-7(14(20)21)2-3-10(6)19-13-11(17)8(15)5-9(16)12(13)18/h2-5,19H,1H3,(H,20,21). The zero-order valence-corrected chi connectivity index (χ0v) is 10.7. The van der Waals surface area contributed by atoms with Gasteiger partial charge in [-0.2, -0.15) is 0 Å². The highest BCUT2D eigenvalue weighted by atomic mass is 19.2. The van der Waals surface area contributed by atoms with E-state index in [-0.39, 0.29) is 17.3 Å². The topological polar surface area (TPSA) is 49.3 Å². The molecule has 0 saturated heterocycles. The second-order valence-corrected chi connectivity index (χ2v) is 4.30. The van der Waals surface area contributed by atoms with Gasteiger partial charge in [-0.05, 0) is 30.7 Å². The third-order valence-electron chi connectivity index (χ3n) is 2.84. The maximum Gasteiger partial charge on any atom is 0.335 e. The lowest BCUT2D eigenvalue weighted by atomic mass is 10.1. The first-order valence-electron chi connectivity index (χ1n) is 5.75. The van der Waals surface area contributed by atoms with Crippen molar-refractivity contribution in [3.8, 4) is 0 Å². The summed E-state index contributed by atoms with van der Waals surface area (Å²) in [5.41, 5.74) is -0.524. The number of nitrogens with one attached hydrogen (secondary N) is 1. The molecule has 0 saturated carbocycles. The number of hydrogen-bond acceptors (Lipinski definition) is 2. The smallest absolute Gasteiger partial charge is 0.335 e. The number of aromatic carboxylic acids is 1. The van der Waals surface area contributed by atoms with Crippen molar-refractivity contribution in [1.29, 1.82) is 0 Å². The van der Waals surface area contributed by atoms with E-state index in [9.17, 15) is 22.4 Å². The Balaban J connectivity index is 2.46. The molecule has 0 aliphatic rings. The summed E-state index contributed by atoms with van der Waals surface area (Å²) in [6.07, 6.45) is 0. The zero-order valence-electron chi connectivity index (χ0n) is 10.7. The summed E-state index contributed by atoms with van der Waals surface area (Å²) in [6, 6.07) is 3.82. The van der Waals surface area contributed by atoms with Gasteiger partial charge in [0.2, 0.25) is 0 Å². The fraction of sp³-hybridized carbons (Fsp3) is 0.0714. The molecule has 2 aromatic carbocycles. The minimum absolute atomic E-state index is 0.0237. The van der Waals surface area contributed by atoms with Crippen LogP contribution in [-0.2, 0) is 0 Å². The van der Waals surface area contributed by atoms with E-state index in [1.807, 2.05) is 0 Å². The molecule has 110 valence electrons. The van der Waals surface area contributed by atoms with Crippen molar-refractivity contribution >= 4 is 17.3 Å². The molecule has 0 fully saturated rings. The Morgan fingerprint density at radius 3 is 2.10 bits per heavy atom. The summed E-state index contributed by atoms with van der Waals surface area (Å²) in [4.78, 5) is 10.8. The predicted octanol–water partition coefficient (Wildman–Crippen LogP) is 3.99. The summed E-state index contributed by atoms with van der Waals surface area (Å²) < 4.78 is 53.2. The number of carboxylic acids is 1. The van der Waals surface area contributed by atoms with Crippen LogP contribution in [-0.4, -0.2) is 11.1 Å². The molecule has 0 spiro atoms. The molecule has 2 rings (SSSR count). The number of carbonyl (C=O) groups is 1. The molecule has 0 aliphatic heterocycles. The average molecular weight is 299 g/mol. The predicted molar refractivity (Wildman–Crippen MR) is 67.7 cm³/mol. The van der Waals surface area contributed by atoms with Gasteiger partial charge >= 0.3 is 5.97 Å². The van der Waals surface area contributed by atoms with Crippen molar-refractivity contribution in [2.75, 3.05) is 5.32 Å². The maximum atomic E-state index is 13.5. The summed E-state index contributed by atoms with van der Waals surface area (Å²) in [7, 11) is 0. The van der Waals surface area contributed by atoms with E-state index in [0.29, 0.717) is 5.56 Å². The van der Waals surface area contributed by atoms with Crippen molar-refractivity contribution in [3.63, 3.8) is 0 Å². The minimum atomic E-state index is -1.56. The number of halogens is 4. The fourth-order valence-electron chi connectivity index (χ4n) is 1.75. The Morgan fingerprint density at radius 1 is 1.05 bits per heavy atom. The number of carboxylic acid groups (broad SMARTS) is 1. The molecular formula is C14H9F4NO2. The van der Waals surface area contributed by atoms with Gasteiger partial charge in [0.05, 0.1) is 5.56 Å². The van der Waals surface area contributed by atoms with Gasteiger partial charge in [0.25, 0.3) is 0 Å². The van der Waals surface area contributed by atoms with Crippen LogP contribution in [0.25, 0.3) is 0 Å². The van der Waals surface area contributed by atoms with Crippen LogP contribution in [0.5, 0.6) is 0 Å². The first-order chi connectivity index (χ1) is 9.81. The highest BCUT2D eigenvalue weighted by molar-refractivity contribution is 5.88. The van der Waals surface area contributed by atoms with Crippen LogP contribution >= 0.6 is 0 Å². The van der Waals surface area contributed by atoms with E-state index in [4.69, 9.17) is 5.11 Å². The van der Waals surface area contributed by atoms with E-state index in [0.717, 1.165) is 0 Å². The molecule has 0 radical (unpaired) electrons. The molecule has 0 unspecified atom stereocenters. The first-order valence-corrected chi connectivity index (χ1v) is 5.75. The van der Waals surface area contributed by atoms with E-state index < -0.39 is 34.9 Å². The van der Waals surface area contributed by atoms with Gasteiger partial charge in [-0.1, -0.05) is 0 Å². The third kappa shape index (κ3) is 2.81. The van der Waals surface area contributed by atoms with E-state index in [1.165, 1.54) is 25.1 Å². The Morgan fingerprint density at radius 2 is 1.62 bits per heavy atom. The molecule has 2 aromatic rings. The quantitative estimate of drug-likeness (QED) is 0.665. The minimum Gasteiger partial charge on any atom is -0.478 e. The van der Waals surface area contributed by atoms with E-state index in [2.05, 4.69) is 5.32 Å². The second kappa shape index (κ2) is 5.43. The molecule has 0 heterocycles. The van der Waals surface area contributed by atoms with Gasteiger partial charge < -0.3 is 10.4 Å². The summed E-state index contributed by atoms with van der Waals surface area (Å²) in [5, 5.41) is 11.0. The van der Waals surface area contributed by atoms with Gasteiger partial charge in [0.1, 0.15) is 5.69 Å². The summed E-state index contributed by atoms with van der Waals surface area (Å²) in [6.45, 7) is 1.49.